The van der Waals surface area contributed by atoms with Crippen LogP contribution in [0.3, 0.4) is 0 Å². The molecule has 3 aromatic carbocycles. The van der Waals surface area contributed by atoms with E-state index in [4.69, 9.17) is 5.73 Å². The summed E-state index contributed by atoms with van der Waals surface area (Å²) >= 11 is 0. The summed E-state index contributed by atoms with van der Waals surface area (Å²) in [5, 5.41) is 14.7. The minimum Gasteiger partial charge on any atom is -0.350 e. The van der Waals surface area contributed by atoms with Gasteiger partial charge in [0.05, 0.1) is 17.8 Å². The Morgan fingerprint density at radius 2 is 1.30 bits per heavy atom. The minimum absolute atomic E-state index is 0.0381. The van der Waals surface area contributed by atoms with Gasteiger partial charge in [0.2, 0.25) is 39.6 Å². The molecule has 1 heterocycles. The van der Waals surface area contributed by atoms with Gasteiger partial charge in [0.15, 0.2) is 0 Å². The second-order valence-corrected chi connectivity index (χ2v) is 24.2. The number of nitrogens with one attached hydrogen (secondary N) is 6. The summed E-state index contributed by atoms with van der Waals surface area (Å²) in [7, 11) is -0.925. The van der Waals surface area contributed by atoms with E-state index in [1.54, 1.807) is 44.4 Å². The highest BCUT2D eigenvalue weighted by molar-refractivity contribution is 7.89. The third kappa shape index (κ3) is 20.0. The lowest BCUT2D eigenvalue weighted by atomic mass is 9.76. The summed E-state index contributed by atoms with van der Waals surface area (Å²) in [4.78, 5) is 109. The lowest BCUT2D eigenvalue weighted by Gasteiger charge is -2.40. The van der Waals surface area contributed by atoms with Crippen LogP contribution in [0, 0.1) is 11.3 Å². The topological polar surface area (TPSA) is 275 Å². The van der Waals surface area contributed by atoms with Gasteiger partial charge in [-0.1, -0.05) is 146 Å². The molecule has 20 heteroatoms. The molecule has 0 saturated carbocycles. The maximum Gasteiger partial charge on any atom is 0.260 e. The van der Waals surface area contributed by atoms with Gasteiger partial charge in [-0.15, -0.1) is 0 Å². The van der Waals surface area contributed by atoms with Crippen molar-refractivity contribution in [3.63, 3.8) is 0 Å². The van der Waals surface area contributed by atoms with Crippen molar-refractivity contribution < 1.29 is 46.8 Å². The fraction of sp³-hybridized carbons (Fsp3) is 0.500. The van der Waals surface area contributed by atoms with E-state index in [1.165, 1.54) is 24.0 Å². The molecule has 0 saturated heterocycles. The summed E-state index contributed by atoms with van der Waals surface area (Å²) in [6.45, 7) is 15.4. The first-order valence-corrected chi connectivity index (χ1v) is 29.1. The quantitative estimate of drug-likeness (QED) is 0.0265. The summed E-state index contributed by atoms with van der Waals surface area (Å²) in [5.41, 5.74) is 7.19. The number of sulfonamides is 1. The monoisotopic (exact) mass is 1120 g/mol. The van der Waals surface area contributed by atoms with Crippen molar-refractivity contribution in [1.29, 1.82) is 0 Å². The normalized spacial score (nSPS) is 14.9. The largest absolute Gasteiger partial charge is 0.350 e. The minimum atomic E-state index is -4.23. The number of carbonyl (C=O) groups is 8. The average molecular weight is 1120 g/mol. The van der Waals surface area contributed by atoms with E-state index in [1.807, 2.05) is 109 Å². The first-order chi connectivity index (χ1) is 37.7. The second kappa shape index (κ2) is 30.5. The molecular formula is C60H85N9O10S. The highest BCUT2D eigenvalue weighted by Gasteiger charge is 2.42. The molecule has 0 bridgehead atoms. The van der Waals surface area contributed by atoms with Crippen LogP contribution < -0.4 is 37.0 Å². The molecule has 0 aromatic heterocycles. The Morgan fingerprint density at radius 3 is 1.88 bits per heavy atom. The van der Waals surface area contributed by atoms with Crippen molar-refractivity contribution in [3.05, 3.63) is 131 Å². The predicted molar refractivity (Wildman–Crippen MR) is 309 cm³/mol. The maximum absolute atomic E-state index is 14.4. The lowest BCUT2D eigenvalue weighted by Crippen LogP contribution is -2.61. The van der Waals surface area contributed by atoms with Gasteiger partial charge in [0.25, 0.3) is 17.7 Å². The van der Waals surface area contributed by atoms with Gasteiger partial charge in [-0.05, 0) is 86.2 Å². The Labute approximate surface area is 473 Å². The zero-order valence-corrected chi connectivity index (χ0v) is 49.0. The van der Waals surface area contributed by atoms with Gasteiger partial charge in [-0.25, -0.2) is 13.1 Å². The number of imide groups is 1. The molecule has 1 aliphatic heterocycles. The van der Waals surface area contributed by atoms with Crippen LogP contribution in [0.15, 0.2) is 109 Å². The van der Waals surface area contributed by atoms with Crippen LogP contribution in [-0.2, 0) is 72.5 Å². The number of hydrogen-bond acceptors (Lipinski definition) is 12. The van der Waals surface area contributed by atoms with E-state index in [0.717, 1.165) is 16.0 Å². The van der Waals surface area contributed by atoms with Gasteiger partial charge in [0, 0.05) is 56.1 Å². The summed E-state index contributed by atoms with van der Waals surface area (Å²) in [5.74, 6) is -4.46. The van der Waals surface area contributed by atoms with E-state index in [9.17, 15) is 46.8 Å². The fourth-order valence-electron chi connectivity index (χ4n) is 9.45. The molecule has 0 radical (unpaired) electrons. The van der Waals surface area contributed by atoms with Crippen molar-refractivity contribution in [2.45, 2.75) is 155 Å². The van der Waals surface area contributed by atoms with Gasteiger partial charge < -0.3 is 37.2 Å². The molecule has 0 spiro atoms. The third-order valence-corrected chi connectivity index (χ3v) is 15.5. The maximum atomic E-state index is 14.4. The Balaban J connectivity index is 1.36. The first kappa shape index (κ1) is 65.5. The van der Waals surface area contributed by atoms with E-state index in [0.29, 0.717) is 49.8 Å². The standard InChI is InChI=1S/C60H85N9O10S/c1-40(2)48(68(10)58(77)53(59(4,5)6)66-57(76)52(62-9)60(7,8)45-24-16-12-17-25-45)36-41(3)54(73)67-80(78,79)39-44-30-28-43(29-31-44)38-63-55(74)46(26-19-20-34-61)65-56(75)47(37-42-22-14-11-15-23-42)64-49(70)27-18-13-21-35-69-50(71)32-33-51(69)72/h11-12,14-17,22-25,28-33,36,40,46-48,52-53,62H,13,18-21,26-27,34-35,37-39,61H2,1-10H3,(H,63,74)(H,64,70)(H,65,75)(H,66,76)(H,67,73)/t46-,47-,48-,52-,53-/m1/s1. The van der Waals surface area contributed by atoms with Crippen molar-refractivity contribution in [3.8, 4) is 0 Å². The number of nitrogens with two attached hydrogens (primary N) is 1. The SMILES string of the molecule is CN[C@H](C(=O)N[C@H](C(=O)N(C)[C@H](C=C(C)C(=O)NS(=O)(=O)Cc1ccc(CNC(=O)[C@@H](CCCCN)NC(=O)[C@@H](Cc2ccccc2)NC(=O)CCCCCN2C(=O)C=CC2=O)cc1)C(C)C)C(C)(C)C)C(C)(C)c1ccccc1. The van der Waals surface area contributed by atoms with E-state index < -0.39 is 74.5 Å². The number of nitrogens with zero attached hydrogens (tertiary/aromatic N) is 2. The molecule has 1 aliphatic rings. The molecular weight excluding hydrogens is 1040 g/mol. The smallest absolute Gasteiger partial charge is 0.260 e. The van der Waals surface area contributed by atoms with Crippen LogP contribution in [-0.4, -0.2) is 123 Å². The molecule has 0 unspecified atom stereocenters. The van der Waals surface area contributed by atoms with E-state index in [2.05, 4.69) is 31.3 Å². The van der Waals surface area contributed by atoms with Crippen LogP contribution >= 0.6 is 0 Å². The number of carbonyl (C=O) groups excluding carboxylic acids is 8. The lowest BCUT2D eigenvalue weighted by molar-refractivity contribution is -0.141. The van der Waals surface area contributed by atoms with Crippen LogP contribution in [0.5, 0.6) is 0 Å². The number of hydrogen-bond donors (Lipinski definition) is 7. The highest BCUT2D eigenvalue weighted by atomic mass is 32.2. The van der Waals surface area contributed by atoms with Crippen LogP contribution in [0.2, 0.25) is 0 Å². The van der Waals surface area contributed by atoms with Crippen LogP contribution in [0.1, 0.15) is 123 Å². The van der Waals surface area contributed by atoms with Gasteiger partial charge in [-0.3, -0.25) is 43.3 Å². The van der Waals surface area contributed by atoms with E-state index in [-0.39, 0.29) is 73.4 Å². The van der Waals surface area contributed by atoms with Crippen molar-refractivity contribution in [2.24, 2.45) is 17.1 Å². The number of amides is 8. The molecule has 0 aliphatic carbocycles. The van der Waals surface area contributed by atoms with E-state index >= 15 is 0 Å². The van der Waals surface area contributed by atoms with Gasteiger partial charge in [0.1, 0.15) is 18.1 Å². The van der Waals surface area contributed by atoms with Crippen molar-refractivity contribution >= 4 is 57.3 Å². The molecule has 19 nitrogen and oxygen atoms in total. The Hall–Kier alpha value is -7.03. The number of likely N-dealkylation sites (N-methyl/N-ethyl adjacent to an activating group) is 2. The third-order valence-electron chi connectivity index (χ3n) is 14.2. The van der Waals surface area contributed by atoms with Gasteiger partial charge in [-0.2, -0.15) is 0 Å². The zero-order chi connectivity index (χ0) is 59.4. The zero-order valence-electron chi connectivity index (χ0n) is 48.2. The fourth-order valence-corrected chi connectivity index (χ4v) is 10.6. The summed E-state index contributed by atoms with van der Waals surface area (Å²) < 4.78 is 29.0. The number of rotatable bonds is 31. The molecule has 5 atom stereocenters. The Bertz CT molecular complexity index is 2760. The molecule has 436 valence electrons. The first-order valence-electron chi connectivity index (χ1n) is 27.4. The van der Waals surface area contributed by atoms with Crippen molar-refractivity contribution in [2.75, 3.05) is 27.2 Å². The molecule has 80 heavy (non-hydrogen) atoms. The molecule has 0 fully saturated rings. The highest BCUT2D eigenvalue weighted by Crippen LogP contribution is 2.29. The van der Waals surface area contributed by atoms with Gasteiger partial charge >= 0.3 is 0 Å². The summed E-state index contributed by atoms with van der Waals surface area (Å²) in [6.07, 6.45) is 7.24. The molecule has 4 rings (SSSR count). The Kier molecular flexibility index (Phi) is 25.0. The average Bonchev–Trinajstić information content (AvgIpc) is 3.79. The second-order valence-electron chi connectivity index (χ2n) is 22.5. The van der Waals surface area contributed by atoms with Crippen LogP contribution in [0.4, 0.5) is 0 Å². The molecule has 8 amide bonds. The Morgan fingerprint density at radius 1 is 0.700 bits per heavy atom. The van der Waals surface area contributed by atoms with Crippen LogP contribution in [0.25, 0.3) is 0 Å². The number of benzene rings is 3. The predicted octanol–water partition coefficient (Wildman–Crippen LogP) is 4.60. The molecule has 8 N–H and O–H groups in total. The molecule has 3 aromatic rings. The van der Waals surface area contributed by atoms with Crippen molar-refractivity contribution in [1.82, 2.24) is 41.1 Å². The number of unbranched alkanes of at least 4 members (excludes halogenated alkanes) is 3. The summed E-state index contributed by atoms with van der Waals surface area (Å²) in [6, 6.07) is 20.9.